The zero-order valence-electron chi connectivity index (χ0n) is 16.2. The Kier molecular flexibility index (Phi) is 6.39. The highest BCUT2D eigenvalue weighted by molar-refractivity contribution is 6.04. The first-order valence-corrected chi connectivity index (χ1v) is 9.34. The van der Waals surface area contributed by atoms with Gasteiger partial charge in [0.1, 0.15) is 5.82 Å². The van der Waals surface area contributed by atoms with Gasteiger partial charge in [0, 0.05) is 48.0 Å². The molecule has 0 fully saturated rings. The molecule has 1 aromatic heterocycles. The van der Waals surface area contributed by atoms with Crippen LogP contribution in [0.1, 0.15) is 24.2 Å². The molecule has 0 bridgehead atoms. The molecule has 0 unspecified atom stereocenters. The van der Waals surface area contributed by atoms with Crippen LogP contribution in [0, 0.1) is 11.6 Å². The van der Waals surface area contributed by atoms with Gasteiger partial charge in [-0.1, -0.05) is 0 Å². The van der Waals surface area contributed by atoms with Gasteiger partial charge in [0.05, 0.1) is 0 Å². The third kappa shape index (κ3) is 5.07. The highest BCUT2D eigenvalue weighted by Gasteiger charge is 2.10. The second kappa shape index (κ2) is 9.14. The van der Waals surface area contributed by atoms with E-state index in [1.165, 1.54) is 12.3 Å². The second-order valence-electron chi connectivity index (χ2n) is 6.36. The van der Waals surface area contributed by atoms with E-state index in [1.807, 2.05) is 24.3 Å². The highest BCUT2D eigenvalue weighted by Crippen LogP contribution is 2.21. The van der Waals surface area contributed by atoms with E-state index in [0.29, 0.717) is 11.4 Å². The Balaban J connectivity index is 1.70. The van der Waals surface area contributed by atoms with Crippen molar-refractivity contribution in [2.45, 2.75) is 13.8 Å². The van der Waals surface area contributed by atoms with Crippen LogP contribution < -0.4 is 15.5 Å². The predicted molar refractivity (Wildman–Crippen MR) is 112 cm³/mol. The molecule has 2 aromatic carbocycles. The number of hydrogen-bond donors (Lipinski definition) is 2. The number of nitrogens with one attached hydrogen (secondary N) is 2. The zero-order chi connectivity index (χ0) is 20.8. The van der Waals surface area contributed by atoms with E-state index in [9.17, 15) is 13.6 Å². The van der Waals surface area contributed by atoms with Gasteiger partial charge in [0.25, 0.3) is 5.91 Å². The predicted octanol–water partition coefficient (Wildman–Crippen LogP) is 5.20. The summed E-state index contributed by atoms with van der Waals surface area (Å²) < 4.78 is 26.3. The summed E-state index contributed by atoms with van der Waals surface area (Å²) in [4.78, 5) is 18.9. The second-order valence-corrected chi connectivity index (χ2v) is 6.36. The van der Waals surface area contributed by atoms with Gasteiger partial charge < -0.3 is 15.5 Å². The minimum atomic E-state index is -1.02. The first-order valence-electron chi connectivity index (χ1n) is 9.34. The maximum Gasteiger partial charge on any atom is 0.255 e. The van der Waals surface area contributed by atoms with E-state index in [4.69, 9.17) is 0 Å². The molecule has 3 aromatic rings. The Labute approximate surface area is 168 Å². The highest BCUT2D eigenvalue weighted by atomic mass is 19.2. The Bertz CT molecular complexity index is 988. The van der Waals surface area contributed by atoms with Crippen LogP contribution in [0.3, 0.4) is 0 Å². The number of nitrogens with zero attached hydrogens (tertiary/aromatic N) is 2. The lowest BCUT2D eigenvalue weighted by atomic mass is 10.2. The van der Waals surface area contributed by atoms with E-state index in [1.54, 1.807) is 12.1 Å². The molecule has 0 aliphatic carbocycles. The number of carbonyl (C=O) groups excluding carboxylic acids is 1. The molecule has 1 heterocycles. The van der Waals surface area contributed by atoms with E-state index in [-0.39, 0.29) is 5.69 Å². The van der Waals surface area contributed by atoms with Crippen molar-refractivity contribution >= 4 is 28.8 Å². The summed E-state index contributed by atoms with van der Waals surface area (Å²) in [6.45, 7) is 6.08. The van der Waals surface area contributed by atoms with Crippen LogP contribution in [0.25, 0.3) is 0 Å². The van der Waals surface area contributed by atoms with Crippen LogP contribution in [0.4, 0.5) is 31.7 Å². The van der Waals surface area contributed by atoms with E-state index in [0.717, 1.165) is 36.6 Å². The average molecular weight is 396 g/mol. The fourth-order valence-corrected chi connectivity index (χ4v) is 2.91. The smallest absolute Gasteiger partial charge is 0.255 e. The number of pyridine rings is 1. The van der Waals surface area contributed by atoms with Gasteiger partial charge in [-0.05, 0) is 62.4 Å². The first-order chi connectivity index (χ1) is 14.0. The standard InChI is InChI=1S/C22H22F2N4O/c1-3-28(4-2)18-8-5-16(6-9-18)26-21-13-15(11-12-25-21)22(29)27-17-7-10-19(23)20(24)14-17/h5-14H,3-4H2,1-2H3,(H,25,26)(H,27,29). The van der Waals surface area contributed by atoms with Crippen molar-refractivity contribution in [3.8, 4) is 0 Å². The molecule has 150 valence electrons. The van der Waals surface area contributed by atoms with Crippen LogP contribution in [0.5, 0.6) is 0 Å². The van der Waals surface area contributed by atoms with Crippen molar-refractivity contribution in [2.24, 2.45) is 0 Å². The van der Waals surface area contributed by atoms with Crippen LogP contribution in [0.2, 0.25) is 0 Å². The number of halogens is 2. The number of hydrogen-bond acceptors (Lipinski definition) is 4. The molecule has 7 heteroatoms. The molecule has 29 heavy (non-hydrogen) atoms. The van der Waals surface area contributed by atoms with Gasteiger partial charge in [-0.25, -0.2) is 13.8 Å². The van der Waals surface area contributed by atoms with Crippen LogP contribution in [0.15, 0.2) is 60.8 Å². The SMILES string of the molecule is CCN(CC)c1ccc(Nc2cc(C(=O)Nc3ccc(F)c(F)c3)ccn2)cc1. The lowest BCUT2D eigenvalue weighted by Gasteiger charge is -2.21. The number of benzene rings is 2. The quantitative estimate of drug-likeness (QED) is 0.576. The molecule has 0 saturated carbocycles. The van der Waals surface area contributed by atoms with Gasteiger partial charge in [0.15, 0.2) is 11.6 Å². The zero-order valence-corrected chi connectivity index (χ0v) is 16.2. The fourth-order valence-electron chi connectivity index (χ4n) is 2.91. The number of anilines is 4. The molecular formula is C22H22F2N4O. The van der Waals surface area contributed by atoms with Crippen LogP contribution in [-0.4, -0.2) is 24.0 Å². The van der Waals surface area contributed by atoms with E-state index >= 15 is 0 Å². The fraction of sp³-hybridized carbons (Fsp3) is 0.182. The van der Waals surface area contributed by atoms with Crippen molar-refractivity contribution in [1.82, 2.24) is 4.98 Å². The summed E-state index contributed by atoms with van der Waals surface area (Å²) in [6, 6.07) is 14.3. The van der Waals surface area contributed by atoms with Crippen LogP contribution >= 0.6 is 0 Å². The van der Waals surface area contributed by atoms with Crippen molar-refractivity contribution in [3.05, 3.63) is 78.0 Å². The van der Waals surface area contributed by atoms with Gasteiger partial charge in [-0.2, -0.15) is 0 Å². The van der Waals surface area contributed by atoms with Crippen molar-refractivity contribution < 1.29 is 13.6 Å². The van der Waals surface area contributed by atoms with Crippen molar-refractivity contribution in [1.29, 1.82) is 0 Å². The monoisotopic (exact) mass is 396 g/mol. The number of rotatable bonds is 7. The summed E-state index contributed by atoms with van der Waals surface area (Å²) in [6.07, 6.45) is 1.51. The summed E-state index contributed by atoms with van der Waals surface area (Å²) >= 11 is 0. The van der Waals surface area contributed by atoms with Gasteiger partial charge in [-0.3, -0.25) is 4.79 Å². The molecule has 0 spiro atoms. The number of carbonyl (C=O) groups is 1. The molecule has 0 radical (unpaired) electrons. The number of aromatic nitrogens is 1. The Hall–Kier alpha value is -3.48. The normalized spacial score (nSPS) is 10.5. The average Bonchev–Trinajstić information content (AvgIpc) is 2.73. The minimum Gasteiger partial charge on any atom is -0.372 e. The molecule has 5 nitrogen and oxygen atoms in total. The van der Waals surface area contributed by atoms with Gasteiger partial charge in [0.2, 0.25) is 0 Å². The van der Waals surface area contributed by atoms with E-state index in [2.05, 4.69) is 34.4 Å². The van der Waals surface area contributed by atoms with Gasteiger partial charge in [-0.15, -0.1) is 0 Å². The maximum atomic E-state index is 13.3. The summed E-state index contributed by atoms with van der Waals surface area (Å²) in [5.74, 6) is -1.93. The van der Waals surface area contributed by atoms with Crippen molar-refractivity contribution in [3.63, 3.8) is 0 Å². The first kappa shape index (κ1) is 20.3. The molecule has 0 aliphatic rings. The largest absolute Gasteiger partial charge is 0.372 e. The lowest BCUT2D eigenvalue weighted by molar-refractivity contribution is 0.102. The Morgan fingerprint density at radius 3 is 2.28 bits per heavy atom. The lowest BCUT2D eigenvalue weighted by Crippen LogP contribution is -2.21. The molecular weight excluding hydrogens is 374 g/mol. The molecule has 1 amide bonds. The summed E-state index contributed by atoms with van der Waals surface area (Å²) in [7, 11) is 0. The van der Waals surface area contributed by atoms with Crippen molar-refractivity contribution in [2.75, 3.05) is 28.6 Å². The molecule has 0 saturated heterocycles. The molecule has 0 atom stereocenters. The maximum absolute atomic E-state index is 13.3. The van der Waals surface area contributed by atoms with Gasteiger partial charge >= 0.3 is 0 Å². The Morgan fingerprint density at radius 2 is 1.62 bits per heavy atom. The molecule has 0 aliphatic heterocycles. The molecule has 3 rings (SSSR count). The topological polar surface area (TPSA) is 57.3 Å². The van der Waals surface area contributed by atoms with Crippen LogP contribution in [-0.2, 0) is 0 Å². The summed E-state index contributed by atoms with van der Waals surface area (Å²) in [5, 5.41) is 5.71. The minimum absolute atomic E-state index is 0.173. The van der Waals surface area contributed by atoms with E-state index < -0.39 is 17.5 Å². The third-order valence-corrected chi connectivity index (χ3v) is 4.47. The summed E-state index contributed by atoms with van der Waals surface area (Å²) in [5.41, 5.74) is 2.49. The molecule has 2 N–H and O–H groups in total. The third-order valence-electron chi connectivity index (χ3n) is 4.47. The number of amides is 1. The Morgan fingerprint density at radius 1 is 0.931 bits per heavy atom.